The highest BCUT2D eigenvalue weighted by Gasteiger charge is 2.40. The van der Waals surface area contributed by atoms with Crippen LogP contribution in [0.3, 0.4) is 0 Å². The fourth-order valence-electron chi connectivity index (χ4n) is 1.88. The molecule has 1 nitrogen and oxygen atoms in total. The van der Waals surface area contributed by atoms with E-state index in [0.29, 0.717) is 13.0 Å². The van der Waals surface area contributed by atoms with Crippen molar-refractivity contribution in [2.45, 2.75) is 37.6 Å². The molecule has 72 valence electrons. The average Bonchev–Trinajstić information content (AvgIpc) is 2.30. The van der Waals surface area contributed by atoms with E-state index in [-0.39, 0.29) is 10.7 Å². The maximum atomic E-state index is 13.5. The van der Waals surface area contributed by atoms with Crippen LogP contribution in [0.4, 0.5) is 4.39 Å². The normalized spacial score (nSPS) is 30.5. The molecule has 1 fully saturated rings. The Morgan fingerprint density at radius 1 is 1.67 bits per heavy atom. The van der Waals surface area contributed by atoms with Crippen molar-refractivity contribution < 1.29 is 4.39 Å². The van der Waals surface area contributed by atoms with E-state index < -0.39 is 6.17 Å². The van der Waals surface area contributed by atoms with Gasteiger partial charge < -0.3 is 5.73 Å². The summed E-state index contributed by atoms with van der Waals surface area (Å²) >= 11 is 1.88. The summed E-state index contributed by atoms with van der Waals surface area (Å²) in [6, 6.07) is 0. The summed E-state index contributed by atoms with van der Waals surface area (Å²) < 4.78 is 13.6. The summed E-state index contributed by atoms with van der Waals surface area (Å²) in [7, 11) is 0. The predicted octanol–water partition coefficient (Wildman–Crippen LogP) is 2.21. The van der Waals surface area contributed by atoms with Gasteiger partial charge in [0.15, 0.2) is 0 Å². The van der Waals surface area contributed by atoms with Crippen molar-refractivity contribution in [1.82, 2.24) is 0 Å². The molecule has 1 heterocycles. The summed E-state index contributed by atoms with van der Waals surface area (Å²) in [4.78, 5) is 0. The number of nitrogens with two attached hydrogens (primary N) is 1. The molecular weight excluding hydrogens is 173 g/mol. The second-order valence-corrected chi connectivity index (χ2v) is 5.69. The molecule has 1 aliphatic heterocycles. The van der Waals surface area contributed by atoms with Crippen molar-refractivity contribution in [3.8, 4) is 0 Å². The van der Waals surface area contributed by atoms with Crippen molar-refractivity contribution in [1.29, 1.82) is 0 Å². The first-order chi connectivity index (χ1) is 5.58. The van der Waals surface area contributed by atoms with Crippen LogP contribution in [-0.4, -0.2) is 23.2 Å². The fraction of sp³-hybridized carbons (Fsp3) is 1.00. The van der Waals surface area contributed by atoms with E-state index in [2.05, 4.69) is 13.8 Å². The topological polar surface area (TPSA) is 26.0 Å². The van der Waals surface area contributed by atoms with Crippen LogP contribution < -0.4 is 5.73 Å². The molecule has 0 aromatic rings. The maximum Gasteiger partial charge on any atom is 0.105 e. The molecule has 0 aromatic heterocycles. The number of alkyl halides is 1. The van der Waals surface area contributed by atoms with Crippen molar-refractivity contribution in [3.63, 3.8) is 0 Å². The van der Waals surface area contributed by atoms with E-state index in [9.17, 15) is 4.39 Å². The van der Waals surface area contributed by atoms with Gasteiger partial charge in [0, 0.05) is 10.7 Å². The second kappa shape index (κ2) is 3.97. The zero-order valence-corrected chi connectivity index (χ0v) is 8.66. The Labute approximate surface area is 78.3 Å². The summed E-state index contributed by atoms with van der Waals surface area (Å²) in [5.74, 6) is 1.31. The van der Waals surface area contributed by atoms with Gasteiger partial charge in [0.2, 0.25) is 0 Å². The minimum Gasteiger partial charge on any atom is -0.330 e. The van der Waals surface area contributed by atoms with Gasteiger partial charge in [-0.3, -0.25) is 0 Å². The van der Waals surface area contributed by atoms with Crippen LogP contribution >= 0.6 is 11.8 Å². The number of thioether (sulfide) groups is 1. The first-order valence-corrected chi connectivity index (χ1v) is 5.54. The highest BCUT2D eigenvalue weighted by molar-refractivity contribution is 8.00. The van der Waals surface area contributed by atoms with E-state index in [1.807, 2.05) is 11.8 Å². The molecule has 0 amide bonds. The van der Waals surface area contributed by atoms with Gasteiger partial charge in [-0.15, -0.1) is 0 Å². The Kier molecular flexibility index (Phi) is 3.41. The van der Waals surface area contributed by atoms with Gasteiger partial charge in [-0.25, -0.2) is 4.39 Å². The van der Waals surface area contributed by atoms with Crippen LogP contribution in [-0.2, 0) is 0 Å². The summed E-state index contributed by atoms with van der Waals surface area (Å²) in [5.41, 5.74) is 5.34. The van der Waals surface area contributed by atoms with Crippen molar-refractivity contribution >= 4 is 11.8 Å². The van der Waals surface area contributed by atoms with E-state index in [4.69, 9.17) is 5.73 Å². The minimum absolute atomic E-state index is 0.120. The quantitative estimate of drug-likeness (QED) is 0.740. The van der Waals surface area contributed by atoms with E-state index in [1.54, 1.807) is 0 Å². The third-order valence-corrected chi connectivity index (χ3v) is 4.16. The Balaban J connectivity index is 2.50. The highest BCUT2D eigenvalue weighted by atomic mass is 32.2. The predicted molar refractivity (Wildman–Crippen MR) is 53.2 cm³/mol. The van der Waals surface area contributed by atoms with Crippen molar-refractivity contribution in [2.24, 2.45) is 11.7 Å². The largest absolute Gasteiger partial charge is 0.330 e. The summed E-state index contributed by atoms with van der Waals surface area (Å²) in [5, 5.41) is 0. The number of rotatable bonds is 3. The van der Waals surface area contributed by atoms with Crippen LogP contribution in [0.15, 0.2) is 0 Å². The maximum absolute atomic E-state index is 13.5. The van der Waals surface area contributed by atoms with Crippen LogP contribution in [0.2, 0.25) is 0 Å². The average molecular weight is 191 g/mol. The third-order valence-electron chi connectivity index (χ3n) is 2.67. The Morgan fingerprint density at radius 3 is 2.75 bits per heavy atom. The molecule has 1 aliphatic rings. The SMILES string of the molecule is CC1(C)SCCC1C(F)CCN. The lowest BCUT2D eigenvalue weighted by atomic mass is 9.87. The third kappa shape index (κ3) is 2.13. The van der Waals surface area contributed by atoms with Gasteiger partial charge in [0.05, 0.1) is 0 Å². The van der Waals surface area contributed by atoms with Crippen LogP contribution in [0.1, 0.15) is 26.7 Å². The van der Waals surface area contributed by atoms with Crippen LogP contribution in [0.25, 0.3) is 0 Å². The van der Waals surface area contributed by atoms with Gasteiger partial charge >= 0.3 is 0 Å². The minimum atomic E-state index is -0.694. The molecular formula is C9H18FNS. The first-order valence-electron chi connectivity index (χ1n) is 4.56. The molecule has 0 spiro atoms. The lowest BCUT2D eigenvalue weighted by molar-refractivity contribution is 0.191. The molecule has 3 heteroatoms. The molecule has 1 rings (SSSR count). The van der Waals surface area contributed by atoms with E-state index in [0.717, 1.165) is 12.2 Å². The smallest absolute Gasteiger partial charge is 0.105 e. The molecule has 0 bridgehead atoms. The molecule has 0 aliphatic carbocycles. The van der Waals surface area contributed by atoms with Crippen molar-refractivity contribution in [3.05, 3.63) is 0 Å². The highest BCUT2D eigenvalue weighted by Crippen LogP contribution is 2.45. The second-order valence-electron chi connectivity index (χ2n) is 3.94. The van der Waals surface area contributed by atoms with E-state index >= 15 is 0 Å². The number of halogens is 1. The van der Waals surface area contributed by atoms with Crippen LogP contribution in [0, 0.1) is 5.92 Å². The molecule has 0 saturated carbocycles. The van der Waals surface area contributed by atoms with Gasteiger partial charge in [-0.05, 0) is 25.1 Å². The summed E-state index contributed by atoms with van der Waals surface area (Å²) in [6.45, 7) is 4.75. The monoisotopic (exact) mass is 191 g/mol. The lowest BCUT2D eigenvalue weighted by Crippen LogP contribution is -2.31. The van der Waals surface area contributed by atoms with Gasteiger partial charge in [-0.1, -0.05) is 13.8 Å². The first kappa shape index (κ1) is 10.3. The van der Waals surface area contributed by atoms with Crippen LogP contribution in [0.5, 0.6) is 0 Å². The van der Waals surface area contributed by atoms with Gasteiger partial charge in [0.25, 0.3) is 0 Å². The zero-order chi connectivity index (χ0) is 9.19. The molecule has 0 radical (unpaired) electrons. The standard InChI is InChI=1S/C9H18FNS/c1-9(2)7(4-6-12-9)8(10)3-5-11/h7-8H,3-6,11H2,1-2H3. The molecule has 1 saturated heterocycles. The summed E-state index contributed by atoms with van der Waals surface area (Å²) in [6.07, 6.45) is 0.841. The van der Waals surface area contributed by atoms with E-state index in [1.165, 1.54) is 0 Å². The van der Waals surface area contributed by atoms with Gasteiger partial charge in [-0.2, -0.15) is 11.8 Å². The Morgan fingerprint density at radius 2 is 2.33 bits per heavy atom. The molecule has 2 atom stereocenters. The molecule has 2 unspecified atom stereocenters. The Bertz CT molecular complexity index is 149. The number of hydrogen-bond acceptors (Lipinski definition) is 2. The lowest BCUT2D eigenvalue weighted by Gasteiger charge is -2.28. The Hall–Kier alpha value is 0.240. The molecule has 2 N–H and O–H groups in total. The van der Waals surface area contributed by atoms with Gasteiger partial charge in [0.1, 0.15) is 6.17 Å². The molecule has 0 aromatic carbocycles. The van der Waals surface area contributed by atoms with Crippen molar-refractivity contribution in [2.75, 3.05) is 12.3 Å². The molecule has 12 heavy (non-hydrogen) atoms. The zero-order valence-electron chi connectivity index (χ0n) is 7.85. The number of hydrogen-bond donors (Lipinski definition) is 1. The fourth-order valence-corrected chi connectivity index (χ4v) is 3.26.